The second kappa shape index (κ2) is 6.02. The summed E-state index contributed by atoms with van der Waals surface area (Å²) in [4.78, 5) is 23.9. The molecule has 0 aromatic carbocycles. The highest BCUT2D eigenvalue weighted by molar-refractivity contribution is 5.39. The lowest BCUT2D eigenvalue weighted by atomic mass is 10.1. The Morgan fingerprint density at radius 3 is 2.92 bits per heavy atom. The maximum atomic E-state index is 12.4. The summed E-state index contributed by atoms with van der Waals surface area (Å²) in [5.74, 6) is 2.43. The van der Waals surface area contributed by atoms with E-state index in [1.807, 2.05) is 25.3 Å². The fraction of sp³-hybridized carbons (Fsp3) is 0.474. The lowest BCUT2D eigenvalue weighted by Gasteiger charge is -2.15. The van der Waals surface area contributed by atoms with Gasteiger partial charge in [-0.2, -0.15) is 4.98 Å². The lowest BCUT2D eigenvalue weighted by molar-refractivity contribution is 0.305. The summed E-state index contributed by atoms with van der Waals surface area (Å²) >= 11 is 0. The van der Waals surface area contributed by atoms with Crippen molar-refractivity contribution in [3.05, 3.63) is 57.7 Å². The zero-order chi connectivity index (χ0) is 17.7. The van der Waals surface area contributed by atoms with Crippen LogP contribution in [0.4, 0.5) is 0 Å². The standard InChI is InChI=1S/C19H21N5O2/c1-12-2-5-16-20-15(8-17(25)24(16)9-12)11-23-7-6-14(10-23)19-21-18(22-26-19)13-3-4-13/h2,5,8-9,13-14H,3-4,6-7,10-11H2,1H3. The molecule has 5 rings (SSSR count). The molecular weight excluding hydrogens is 330 g/mol. The first-order valence-corrected chi connectivity index (χ1v) is 9.20. The number of aromatic nitrogens is 4. The van der Waals surface area contributed by atoms with Gasteiger partial charge in [0.25, 0.3) is 5.56 Å². The molecule has 1 saturated carbocycles. The van der Waals surface area contributed by atoms with Crippen LogP contribution in [-0.2, 0) is 6.54 Å². The van der Waals surface area contributed by atoms with E-state index in [9.17, 15) is 4.79 Å². The van der Waals surface area contributed by atoms with Crippen LogP contribution < -0.4 is 5.56 Å². The molecule has 1 aliphatic carbocycles. The smallest absolute Gasteiger partial charge is 0.258 e. The Balaban J connectivity index is 1.31. The van der Waals surface area contributed by atoms with Gasteiger partial charge in [0.15, 0.2) is 5.82 Å². The molecule has 0 N–H and O–H groups in total. The second-order valence-electron chi connectivity index (χ2n) is 7.51. The number of nitrogens with zero attached hydrogens (tertiary/aromatic N) is 5. The summed E-state index contributed by atoms with van der Waals surface area (Å²) in [5, 5.41) is 4.12. The minimum absolute atomic E-state index is 0.0320. The molecule has 7 nitrogen and oxygen atoms in total. The highest BCUT2D eigenvalue weighted by Gasteiger charge is 2.32. The van der Waals surface area contributed by atoms with Crippen LogP contribution in [0.3, 0.4) is 0 Å². The third kappa shape index (κ3) is 2.92. The normalized spacial score (nSPS) is 20.9. The van der Waals surface area contributed by atoms with Gasteiger partial charge in [-0.15, -0.1) is 0 Å². The average Bonchev–Trinajstić information content (AvgIpc) is 3.17. The molecule has 0 radical (unpaired) electrons. The molecule has 0 amide bonds. The molecule has 1 aliphatic heterocycles. The van der Waals surface area contributed by atoms with E-state index in [0.29, 0.717) is 18.1 Å². The zero-order valence-corrected chi connectivity index (χ0v) is 14.8. The van der Waals surface area contributed by atoms with Crippen LogP contribution in [0.25, 0.3) is 5.65 Å². The summed E-state index contributed by atoms with van der Waals surface area (Å²) in [6, 6.07) is 5.51. The molecule has 1 unspecified atom stereocenters. The number of rotatable bonds is 4. The predicted molar refractivity (Wildman–Crippen MR) is 95.1 cm³/mol. The van der Waals surface area contributed by atoms with Crippen molar-refractivity contribution in [2.45, 2.75) is 44.6 Å². The van der Waals surface area contributed by atoms with E-state index in [4.69, 9.17) is 4.52 Å². The van der Waals surface area contributed by atoms with Crippen LogP contribution in [0.5, 0.6) is 0 Å². The first kappa shape index (κ1) is 15.7. The second-order valence-corrected chi connectivity index (χ2v) is 7.51. The van der Waals surface area contributed by atoms with Crippen LogP contribution in [0.15, 0.2) is 33.7 Å². The number of hydrogen-bond donors (Lipinski definition) is 0. The van der Waals surface area contributed by atoms with Crippen molar-refractivity contribution in [3.8, 4) is 0 Å². The monoisotopic (exact) mass is 351 g/mol. The molecule has 0 spiro atoms. The predicted octanol–water partition coefficient (Wildman–Crippen LogP) is 2.25. The summed E-state index contributed by atoms with van der Waals surface area (Å²) in [6.45, 7) is 4.44. The maximum absolute atomic E-state index is 12.4. The molecule has 134 valence electrons. The average molecular weight is 351 g/mol. The van der Waals surface area contributed by atoms with Crippen LogP contribution >= 0.6 is 0 Å². The van der Waals surface area contributed by atoms with Gasteiger partial charge in [0.1, 0.15) is 5.65 Å². The molecule has 3 aromatic heterocycles. The summed E-state index contributed by atoms with van der Waals surface area (Å²) in [7, 11) is 0. The maximum Gasteiger partial charge on any atom is 0.258 e. The fourth-order valence-electron chi connectivity index (χ4n) is 3.67. The Hall–Kier alpha value is -2.54. The third-order valence-electron chi connectivity index (χ3n) is 5.27. The van der Waals surface area contributed by atoms with E-state index in [0.717, 1.165) is 42.5 Å². The van der Waals surface area contributed by atoms with Gasteiger partial charge in [-0.1, -0.05) is 11.2 Å². The van der Waals surface area contributed by atoms with Gasteiger partial charge in [0.2, 0.25) is 5.89 Å². The molecule has 26 heavy (non-hydrogen) atoms. The zero-order valence-electron chi connectivity index (χ0n) is 14.8. The van der Waals surface area contributed by atoms with E-state index in [1.165, 1.54) is 12.8 Å². The minimum atomic E-state index is -0.0320. The topological polar surface area (TPSA) is 76.5 Å². The van der Waals surface area contributed by atoms with Gasteiger partial charge in [0, 0.05) is 31.3 Å². The van der Waals surface area contributed by atoms with Crippen LogP contribution in [0, 0.1) is 6.92 Å². The summed E-state index contributed by atoms with van der Waals surface area (Å²) in [5.41, 5.74) is 2.51. The highest BCUT2D eigenvalue weighted by atomic mass is 16.5. The Bertz CT molecular complexity index is 1020. The van der Waals surface area contributed by atoms with Gasteiger partial charge in [0.05, 0.1) is 11.6 Å². The van der Waals surface area contributed by atoms with Crippen molar-refractivity contribution in [3.63, 3.8) is 0 Å². The molecule has 2 fully saturated rings. The number of hydrogen-bond acceptors (Lipinski definition) is 6. The Kier molecular flexibility index (Phi) is 3.63. The van der Waals surface area contributed by atoms with E-state index in [-0.39, 0.29) is 11.5 Å². The summed E-state index contributed by atoms with van der Waals surface area (Å²) < 4.78 is 7.08. The largest absolute Gasteiger partial charge is 0.339 e. The van der Waals surface area contributed by atoms with Gasteiger partial charge in [-0.05, 0) is 44.4 Å². The van der Waals surface area contributed by atoms with E-state index in [1.54, 1.807) is 10.5 Å². The van der Waals surface area contributed by atoms with Crippen molar-refractivity contribution in [2.75, 3.05) is 13.1 Å². The van der Waals surface area contributed by atoms with Crippen molar-refractivity contribution in [1.82, 2.24) is 24.4 Å². The number of aryl methyl sites for hydroxylation is 1. The number of pyridine rings is 1. The van der Waals surface area contributed by atoms with E-state index < -0.39 is 0 Å². The molecule has 2 aliphatic rings. The molecular formula is C19H21N5O2. The molecule has 4 heterocycles. The van der Waals surface area contributed by atoms with Crippen LogP contribution in [0.2, 0.25) is 0 Å². The third-order valence-corrected chi connectivity index (χ3v) is 5.27. The Labute approximate surface area is 150 Å². The first-order chi connectivity index (χ1) is 12.7. The summed E-state index contributed by atoms with van der Waals surface area (Å²) in [6.07, 6.45) is 5.18. The first-order valence-electron chi connectivity index (χ1n) is 9.20. The van der Waals surface area contributed by atoms with Gasteiger partial charge in [-0.3, -0.25) is 14.1 Å². The number of likely N-dealkylation sites (tertiary alicyclic amines) is 1. The van der Waals surface area contributed by atoms with E-state index in [2.05, 4.69) is 20.0 Å². The van der Waals surface area contributed by atoms with Crippen molar-refractivity contribution < 1.29 is 4.52 Å². The lowest BCUT2D eigenvalue weighted by Crippen LogP contribution is -2.23. The van der Waals surface area contributed by atoms with Crippen LogP contribution in [-0.4, -0.2) is 37.5 Å². The fourth-order valence-corrected chi connectivity index (χ4v) is 3.67. The van der Waals surface area contributed by atoms with Crippen molar-refractivity contribution in [1.29, 1.82) is 0 Å². The van der Waals surface area contributed by atoms with Crippen molar-refractivity contribution in [2.24, 2.45) is 0 Å². The van der Waals surface area contributed by atoms with E-state index >= 15 is 0 Å². The highest BCUT2D eigenvalue weighted by Crippen LogP contribution is 2.39. The molecule has 1 saturated heterocycles. The Morgan fingerprint density at radius 2 is 2.08 bits per heavy atom. The van der Waals surface area contributed by atoms with Crippen LogP contribution in [0.1, 0.15) is 54.1 Å². The van der Waals surface area contributed by atoms with Gasteiger partial charge >= 0.3 is 0 Å². The number of fused-ring (bicyclic) bond motifs is 1. The molecule has 3 aromatic rings. The molecule has 1 atom stereocenters. The SMILES string of the molecule is Cc1ccc2nc(CN3CCC(c4nc(C5CC5)no4)C3)cc(=O)n2c1. The molecule has 7 heteroatoms. The Morgan fingerprint density at radius 1 is 1.19 bits per heavy atom. The quantitative estimate of drug-likeness (QED) is 0.717. The van der Waals surface area contributed by atoms with Crippen molar-refractivity contribution >= 4 is 5.65 Å². The van der Waals surface area contributed by atoms with Gasteiger partial charge in [-0.25, -0.2) is 4.98 Å². The molecule has 0 bridgehead atoms. The van der Waals surface area contributed by atoms with Gasteiger partial charge < -0.3 is 4.52 Å². The minimum Gasteiger partial charge on any atom is -0.339 e.